The fraction of sp³-hybridized carbons (Fsp3) is 0.857. The molecule has 2 aliphatic heterocycles. The van der Waals surface area contributed by atoms with Gasteiger partial charge in [0, 0.05) is 30.8 Å². The molecule has 20 heavy (non-hydrogen) atoms. The lowest BCUT2D eigenvalue weighted by atomic mass is 9.82. The molecule has 3 unspecified atom stereocenters. The average Bonchev–Trinajstić information content (AvgIpc) is 2.36. The Balaban J connectivity index is 1.89. The number of nitrogens with zero attached hydrogens (tertiary/aromatic N) is 1. The number of rotatable bonds is 4. The van der Waals surface area contributed by atoms with Crippen molar-refractivity contribution in [2.24, 2.45) is 0 Å². The molecule has 114 valence electrons. The summed E-state index contributed by atoms with van der Waals surface area (Å²) in [5, 5.41) is 5.74. The van der Waals surface area contributed by atoms with Crippen molar-refractivity contribution in [1.29, 1.82) is 0 Å². The predicted molar refractivity (Wildman–Crippen MR) is 81.8 cm³/mol. The molecule has 3 atom stereocenters. The van der Waals surface area contributed by atoms with Gasteiger partial charge in [-0.2, -0.15) is 12.6 Å². The molecule has 0 aromatic carbocycles. The van der Waals surface area contributed by atoms with Crippen LogP contribution in [-0.4, -0.2) is 53.7 Å². The second-order valence-electron chi connectivity index (χ2n) is 6.02. The molecule has 2 bridgehead atoms. The minimum absolute atomic E-state index is 0.108. The minimum atomic E-state index is -0.532. The topological polar surface area (TPSA) is 61.4 Å². The van der Waals surface area contributed by atoms with E-state index in [0.29, 0.717) is 17.8 Å². The quantitative estimate of drug-likeness (QED) is 0.665. The van der Waals surface area contributed by atoms with E-state index in [4.69, 9.17) is 0 Å². The lowest BCUT2D eigenvalue weighted by molar-refractivity contribution is -0.128. The van der Waals surface area contributed by atoms with E-state index in [1.54, 1.807) is 0 Å². The first-order valence-electron chi connectivity index (χ1n) is 7.41. The van der Waals surface area contributed by atoms with E-state index in [0.717, 1.165) is 12.8 Å². The third-order valence-electron chi connectivity index (χ3n) is 4.56. The van der Waals surface area contributed by atoms with E-state index in [2.05, 4.69) is 35.2 Å². The molecule has 2 amide bonds. The molecule has 5 nitrogen and oxygen atoms in total. The van der Waals surface area contributed by atoms with Crippen molar-refractivity contribution in [2.45, 2.75) is 63.2 Å². The molecule has 0 spiro atoms. The summed E-state index contributed by atoms with van der Waals surface area (Å²) in [5.41, 5.74) is 0. The summed E-state index contributed by atoms with van der Waals surface area (Å²) in [6, 6.07) is 0.867. The molecule has 2 aliphatic rings. The highest BCUT2D eigenvalue weighted by Crippen LogP contribution is 2.32. The largest absolute Gasteiger partial charge is 0.351 e. The number of piperidine rings is 2. The van der Waals surface area contributed by atoms with Crippen LogP contribution < -0.4 is 10.6 Å². The van der Waals surface area contributed by atoms with E-state index in [1.807, 2.05) is 0 Å². The highest BCUT2D eigenvalue weighted by molar-refractivity contribution is 7.80. The number of carbonyl (C=O) groups is 2. The Hall–Kier alpha value is -0.750. The number of fused-ring (bicyclic) bond motifs is 2. The summed E-state index contributed by atoms with van der Waals surface area (Å²) in [5.74, 6) is 0.0208. The number of nitrogens with one attached hydrogen (secondary N) is 2. The maximum absolute atomic E-state index is 12.2. The molecule has 0 saturated carbocycles. The Kier molecular flexibility index (Phi) is 5.32. The lowest BCUT2D eigenvalue weighted by Gasteiger charge is -2.47. The SMILES string of the molecule is CC(=O)NC(CS)C(=O)NC1CC2CCCC(C1)N2C. The molecule has 0 aliphatic carbocycles. The molecule has 2 heterocycles. The van der Waals surface area contributed by atoms with E-state index >= 15 is 0 Å². The highest BCUT2D eigenvalue weighted by atomic mass is 32.1. The summed E-state index contributed by atoms with van der Waals surface area (Å²) in [6.07, 6.45) is 5.77. The molecular formula is C14H25N3O2S. The standard InChI is InChI=1S/C14H25N3O2S/c1-9(18)15-13(8-20)14(19)16-10-6-11-4-3-5-12(7-10)17(11)2/h10-13,20H,3-8H2,1-2H3,(H,15,18)(H,16,19). The molecule has 2 rings (SSSR count). The van der Waals surface area contributed by atoms with Gasteiger partial charge in [0.05, 0.1) is 0 Å². The first-order chi connectivity index (χ1) is 9.51. The van der Waals surface area contributed by atoms with Gasteiger partial charge in [0.15, 0.2) is 0 Å². The van der Waals surface area contributed by atoms with Crippen LogP contribution in [0.2, 0.25) is 0 Å². The number of hydrogen-bond acceptors (Lipinski definition) is 4. The van der Waals surface area contributed by atoms with Gasteiger partial charge >= 0.3 is 0 Å². The van der Waals surface area contributed by atoms with Crippen LogP contribution in [0, 0.1) is 0 Å². The van der Waals surface area contributed by atoms with Crippen LogP contribution in [0.5, 0.6) is 0 Å². The number of amides is 2. The van der Waals surface area contributed by atoms with Gasteiger partial charge in [0.25, 0.3) is 0 Å². The molecule has 0 radical (unpaired) electrons. The van der Waals surface area contributed by atoms with Crippen LogP contribution in [-0.2, 0) is 9.59 Å². The van der Waals surface area contributed by atoms with Crippen LogP contribution in [0.15, 0.2) is 0 Å². The van der Waals surface area contributed by atoms with E-state index in [-0.39, 0.29) is 17.9 Å². The molecule has 2 saturated heterocycles. The zero-order valence-corrected chi connectivity index (χ0v) is 13.2. The number of hydrogen-bond donors (Lipinski definition) is 3. The summed E-state index contributed by atoms with van der Waals surface area (Å²) in [7, 11) is 2.19. The third-order valence-corrected chi connectivity index (χ3v) is 4.93. The van der Waals surface area contributed by atoms with Gasteiger partial charge in [-0.1, -0.05) is 6.42 Å². The predicted octanol–water partition coefficient (Wildman–Crippen LogP) is 0.552. The van der Waals surface area contributed by atoms with Crippen LogP contribution in [0.1, 0.15) is 39.0 Å². The average molecular weight is 299 g/mol. The van der Waals surface area contributed by atoms with Gasteiger partial charge < -0.3 is 15.5 Å². The Morgan fingerprint density at radius 3 is 2.40 bits per heavy atom. The first kappa shape index (κ1) is 15.6. The van der Waals surface area contributed by atoms with Gasteiger partial charge in [-0.25, -0.2) is 0 Å². The monoisotopic (exact) mass is 299 g/mol. The van der Waals surface area contributed by atoms with Gasteiger partial charge in [0.1, 0.15) is 6.04 Å². The summed E-state index contributed by atoms with van der Waals surface area (Å²) >= 11 is 4.14. The maximum Gasteiger partial charge on any atom is 0.243 e. The summed E-state index contributed by atoms with van der Waals surface area (Å²) in [6.45, 7) is 1.42. The second kappa shape index (κ2) is 6.80. The van der Waals surface area contributed by atoms with Crippen LogP contribution in [0.3, 0.4) is 0 Å². The van der Waals surface area contributed by atoms with Crippen molar-refractivity contribution in [1.82, 2.24) is 15.5 Å². The van der Waals surface area contributed by atoms with Gasteiger partial charge in [-0.05, 0) is 32.7 Å². The number of thiol groups is 1. The fourth-order valence-electron chi connectivity index (χ4n) is 3.47. The molecular weight excluding hydrogens is 274 g/mol. The Labute approximate surface area is 126 Å². The van der Waals surface area contributed by atoms with Crippen molar-refractivity contribution >= 4 is 24.4 Å². The van der Waals surface area contributed by atoms with Crippen molar-refractivity contribution in [3.8, 4) is 0 Å². The zero-order chi connectivity index (χ0) is 14.7. The highest BCUT2D eigenvalue weighted by Gasteiger charge is 2.36. The fourth-order valence-corrected chi connectivity index (χ4v) is 3.73. The smallest absolute Gasteiger partial charge is 0.243 e. The molecule has 0 aromatic heterocycles. The summed E-state index contributed by atoms with van der Waals surface area (Å²) in [4.78, 5) is 25.7. The Morgan fingerprint density at radius 1 is 1.30 bits per heavy atom. The maximum atomic E-state index is 12.2. The van der Waals surface area contributed by atoms with Crippen molar-refractivity contribution in [3.63, 3.8) is 0 Å². The van der Waals surface area contributed by atoms with Crippen molar-refractivity contribution in [2.75, 3.05) is 12.8 Å². The molecule has 0 aromatic rings. The van der Waals surface area contributed by atoms with E-state index < -0.39 is 6.04 Å². The van der Waals surface area contributed by atoms with Gasteiger partial charge in [-0.15, -0.1) is 0 Å². The Bertz CT molecular complexity index is 363. The zero-order valence-electron chi connectivity index (χ0n) is 12.3. The van der Waals surface area contributed by atoms with Crippen molar-refractivity contribution in [3.05, 3.63) is 0 Å². The van der Waals surface area contributed by atoms with E-state index in [9.17, 15) is 9.59 Å². The lowest BCUT2D eigenvalue weighted by Crippen LogP contribution is -2.57. The molecule has 2 N–H and O–H groups in total. The summed E-state index contributed by atoms with van der Waals surface area (Å²) < 4.78 is 0. The molecule has 6 heteroatoms. The van der Waals surface area contributed by atoms with Gasteiger partial charge in [0.2, 0.25) is 11.8 Å². The second-order valence-corrected chi connectivity index (χ2v) is 6.38. The van der Waals surface area contributed by atoms with Crippen LogP contribution in [0.25, 0.3) is 0 Å². The first-order valence-corrected chi connectivity index (χ1v) is 8.04. The Morgan fingerprint density at radius 2 is 1.90 bits per heavy atom. The third kappa shape index (κ3) is 3.67. The van der Waals surface area contributed by atoms with Crippen LogP contribution >= 0.6 is 12.6 Å². The minimum Gasteiger partial charge on any atom is -0.351 e. The normalized spacial score (nSPS) is 31.4. The van der Waals surface area contributed by atoms with E-state index in [1.165, 1.54) is 26.2 Å². The molecule has 2 fully saturated rings. The van der Waals surface area contributed by atoms with Crippen molar-refractivity contribution < 1.29 is 9.59 Å². The van der Waals surface area contributed by atoms with Gasteiger partial charge in [-0.3, -0.25) is 9.59 Å². The van der Waals surface area contributed by atoms with Crippen LogP contribution in [0.4, 0.5) is 0 Å². The number of carbonyl (C=O) groups excluding carboxylic acids is 2.